The minimum atomic E-state index is -0.111. The number of aromatic hydroxyl groups is 1. The van der Waals surface area contributed by atoms with E-state index in [0.717, 1.165) is 11.1 Å². The number of benzene rings is 1. The molecule has 0 spiro atoms. The van der Waals surface area contributed by atoms with E-state index < -0.39 is 0 Å². The van der Waals surface area contributed by atoms with Crippen molar-refractivity contribution in [3.05, 3.63) is 34.9 Å². The molecule has 3 nitrogen and oxygen atoms in total. The molecule has 84 valence electrons. The van der Waals surface area contributed by atoms with Crippen LogP contribution >= 0.6 is 11.6 Å². The van der Waals surface area contributed by atoms with Crippen molar-refractivity contribution in [2.24, 2.45) is 0 Å². The fourth-order valence-electron chi connectivity index (χ4n) is 1.62. The first kappa shape index (κ1) is 11.0. The molecule has 2 aromatic rings. The second kappa shape index (κ2) is 4.18. The van der Waals surface area contributed by atoms with Gasteiger partial charge in [0.05, 0.1) is 5.56 Å². The third-order valence-corrected chi connectivity index (χ3v) is 2.66. The monoisotopic (exact) mass is 237 g/mol. The molecule has 0 unspecified atom stereocenters. The summed E-state index contributed by atoms with van der Waals surface area (Å²) in [6, 6.07) is 7.27. The van der Waals surface area contributed by atoms with Gasteiger partial charge in [-0.05, 0) is 18.1 Å². The van der Waals surface area contributed by atoms with Crippen LogP contribution < -0.4 is 0 Å². The molecule has 0 saturated heterocycles. The van der Waals surface area contributed by atoms with E-state index in [1.165, 1.54) is 0 Å². The first-order valence-electron chi connectivity index (χ1n) is 5.04. The summed E-state index contributed by atoms with van der Waals surface area (Å²) in [5, 5.41) is 14.1. The third-order valence-electron chi connectivity index (χ3n) is 2.40. The predicted molar refractivity (Wildman–Crippen MR) is 62.7 cm³/mol. The van der Waals surface area contributed by atoms with Crippen LogP contribution in [-0.4, -0.2) is 10.3 Å². The van der Waals surface area contributed by atoms with E-state index in [-0.39, 0.29) is 11.9 Å². The van der Waals surface area contributed by atoms with Crippen molar-refractivity contribution in [1.82, 2.24) is 5.16 Å². The highest BCUT2D eigenvalue weighted by atomic mass is 35.5. The third kappa shape index (κ3) is 1.91. The number of hydrogen-bond acceptors (Lipinski definition) is 3. The van der Waals surface area contributed by atoms with Gasteiger partial charge in [-0.3, -0.25) is 0 Å². The smallest absolute Gasteiger partial charge is 0.312 e. The fraction of sp³-hybridized carbons (Fsp3) is 0.250. The van der Waals surface area contributed by atoms with Crippen LogP contribution in [0.1, 0.15) is 25.3 Å². The molecule has 0 atom stereocenters. The fourth-order valence-corrected chi connectivity index (χ4v) is 1.75. The van der Waals surface area contributed by atoms with Crippen molar-refractivity contribution >= 4 is 11.6 Å². The van der Waals surface area contributed by atoms with Gasteiger partial charge in [0.15, 0.2) is 0 Å². The molecule has 0 aliphatic rings. The molecule has 0 aliphatic carbocycles. The summed E-state index contributed by atoms with van der Waals surface area (Å²) in [4.78, 5) is 0. The Balaban J connectivity index is 2.52. The molecule has 0 radical (unpaired) electrons. The molecular weight excluding hydrogens is 226 g/mol. The van der Waals surface area contributed by atoms with Gasteiger partial charge in [0.25, 0.3) is 0 Å². The molecular formula is C12H12ClNO2. The van der Waals surface area contributed by atoms with E-state index in [0.29, 0.717) is 10.7 Å². The van der Waals surface area contributed by atoms with Crippen LogP contribution in [0.25, 0.3) is 11.3 Å². The zero-order valence-corrected chi connectivity index (χ0v) is 9.82. The summed E-state index contributed by atoms with van der Waals surface area (Å²) in [6.45, 7) is 3.96. The van der Waals surface area contributed by atoms with Crippen LogP contribution in [0, 0.1) is 0 Å². The molecule has 1 aromatic heterocycles. The van der Waals surface area contributed by atoms with Gasteiger partial charge in [-0.2, -0.15) is 0 Å². The van der Waals surface area contributed by atoms with Crippen LogP contribution in [0.4, 0.5) is 0 Å². The van der Waals surface area contributed by atoms with E-state index in [2.05, 4.69) is 5.16 Å². The molecule has 4 heteroatoms. The summed E-state index contributed by atoms with van der Waals surface area (Å²) in [5.74, 6) is 0.0388. The largest absolute Gasteiger partial charge is 0.479 e. The lowest BCUT2D eigenvalue weighted by atomic mass is 9.99. The molecule has 1 N–H and O–H groups in total. The van der Waals surface area contributed by atoms with Crippen LogP contribution in [0.3, 0.4) is 0 Å². The average molecular weight is 238 g/mol. The Hall–Kier alpha value is -1.48. The van der Waals surface area contributed by atoms with Crippen LogP contribution in [-0.2, 0) is 0 Å². The summed E-state index contributed by atoms with van der Waals surface area (Å²) in [5.41, 5.74) is 2.28. The van der Waals surface area contributed by atoms with Gasteiger partial charge in [-0.25, -0.2) is 0 Å². The van der Waals surface area contributed by atoms with Gasteiger partial charge in [0.1, 0.15) is 5.69 Å². The van der Waals surface area contributed by atoms with E-state index in [1.807, 2.05) is 26.0 Å². The van der Waals surface area contributed by atoms with Crippen molar-refractivity contribution in [3.8, 4) is 17.2 Å². The van der Waals surface area contributed by atoms with Crippen LogP contribution in [0.2, 0.25) is 5.02 Å². The minimum absolute atomic E-state index is 0.111. The number of aromatic nitrogens is 1. The van der Waals surface area contributed by atoms with Gasteiger partial charge in [0.2, 0.25) is 0 Å². The number of halogens is 1. The Morgan fingerprint density at radius 3 is 2.44 bits per heavy atom. The molecule has 16 heavy (non-hydrogen) atoms. The number of nitrogens with zero attached hydrogens (tertiary/aromatic N) is 1. The Labute approximate surface area is 98.6 Å². The summed E-state index contributed by atoms with van der Waals surface area (Å²) >= 11 is 5.81. The van der Waals surface area contributed by atoms with Crippen molar-refractivity contribution in [1.29, 1.82) is 0 Å². The normalized spacial score (nSPS) is 11.0. The lowest BCUT2D eigenvalue weighted by Gasteiger charge is -2.04. The first-order valence-corrected chi connectivity index (χ1v) is 5.42. The second-order valence-electron chi connectivity index (χ2n) is 3.91. The zero-order valence-electron chi connectivity index (χ0n) is 9.07. The average Bonchev–Trinajstić information content (AvgIpc) is 2.61. The first-order chi connectivity index (χ1) is 7.59. The lowest BCUT2D eigenvalue weighted by molar-refractivity contribution is 0.275. The maximum absolute atomic E-state index is 9.56. The molecule has 2 rings (SSSR count). The standard InChI is InChI=1S/C12H12ClNO2/c1-7(2)10-11(14-16-12(10)15)8-3-5-9(13)6-4-8/h3-7,15H,1-2H3. The van der Waals surface area contributed by atoms with Gasteiger partial charge >= 0.3 is 5.95 Å². The molecule has 0 fully saturated rings. The maximum Gasteiger partial charge on any atom is 0.312 e. The summed E-state index contributed by atoms with van der Waals surface area (Å²) in [6.07, 6.45) is 0. The topological polar surface area (TPSA) is 46.3 Å². The van der Waals surface area contributed by atoms with Crippen molar-refractivity contribution in [3.63, 3.8) is 0 Å². The molecule has 0 saturated carbocycles. The van der Waals surface area contributed by atoms with E-state index in [4.69, 9.17) is 16.1 Å². The maximum atomic E-state index is 9.56. The number of rotatable bonds is 2. The van der Waals surface area contributed by atoms with E-state index >= 15 is 0 Å². The van der Waals surface area contributed by atoms with Gasteiger partial charge in [-0.1, -0.05) is 42.7 Å². The summed E-state index contributed by atoms with van der Waals surface area (Å²) < 4.78 is 4.81. The van der Waals surface area contributed by atoms with Crippen molar-refractivity contribution in [2.75, 3.05) is 0 Å². The van der Waals surface area contributed by atoms with Gasteiger partial charge in [-0.15, -0.1) is 0 Å². The van der Waals surface area contributed by atoms with Crippen LogP contribution in [0.15, 0.2) is 28.8 Å². The summed E-state index contributed by atoms with van der Waals surface area (Å²) in [7, 11) is 0. The zero-order chi connectivity index (χ0) is 11.7. The molecule has 1 heterocycles. The number of hydrogen-bond donors (Lipinski definition) is 1. The van der Waals surface area contributed by atoms with Crippen LogP contribution in [0.5, 0.6) is 5.95 Å². The van der Waals surface area contributed by atoms with Gasteiger partial charge in [0, 0.05) is 10.6 Å². The minimum Gasteiger partial charge on any atom is -0.479 e. The van der Waals surface area contributed by atoms with E-state index in [9.17, 15) is 5.11 Å². The Kier molecular flexibility index (Phi) is 2.88. The lowest BCUT2D eigenvalue weighted by Crippen LogP contribution is -1.89. The molecule has 0 aliphatic heterocycles. The van der Waals surface area contributed by atoms with E-state index in [1.54, 1.807) is 12.1 Å². The Morgan fingerprint density at radius 1 is 1.25 bits per heavy atom. The Morgan fingerprint density at radius 2 is 1.88 bits per heavy atom. The SMILES string of the molecule is CC(C)c1c(-c2ccc(Cl)cc2)noc1O. The van der Waals surface area contributed by atoms with Gasteiger partial charge < -0.3 is 9.63 Å². The quantitative estimate of drug-likeness (QED) is 0.864. The molecule has 0 bridgehead atoms. The highest BCUT2D eigenvalue weighted by Gasteiger charge is 2.19. The second-order valence-corrected chi connectivity index (χ2v) is 4.35. The molecule has 0 amide bonds. The highest BCUT2D eigenvalue weighted by molar-refractivity contribution is 6.30. The van der Waals surface area contributed by atoms with Crippen molar-refractivity contribution in [2.45, 2.75) is 19.8 Å². The highest BCUT2D eigenvalue weighted by Crippen LogP contribution is 2.35. The predicted octanol–water partition coefficient (Wildman–Crippen LogP) is 3.82. The van der Waals surface area contributed by atoms with Crippen molar-refractivity contribution < 1.29 is 9.63 Å². The Bertz CT molecular complexity index is 488. The molecule has 1 aromatic carbocycles.